The maximum Gasteiger partial charge on any atom is 0.179 e. The van der Waals surface area contributed by atoms with E-state index in [9.17, 15) is 0 Å². The smallest absolute Gasteiger partial charge is 0.179 e. The molecular formula is C58H44N2OSi. The van der Waals surface area contributed by atoms with Crippen LogP contribution in [0.5, 0.6) is 11.5 Å². The SMILES string of the molecule is Cc1cccc([Si](c2ccccc2)(c2ccccc2)c2cccc(-c3cc(-c4cccc5c4Oc4ccccc4C5(C)C)nc4c3ccc3c(-c5ccccc5)ccnc34)c2)c1. The topological polar surface area (TPSA) is 35.0 Å². The van der Waals surface area contributed by atoms with Crippen LogP contribution in [0.15, 0.2) is 212 Å². The Hall–Kier alpha value is -7.40. The van der Waals surface area contributed by atoms with Crippen LogP contribution in [0.2, 0.25) is 0 Å². The van der Waals surface area contributed by atoms with Gasteiger partial charge in [-0.05, 0) is 74.2 Å². The van der Waals surface area contributed by atoms with Crippen molar-refractivity contribution >= 4 is 50.6 Å². The van der Waals surface area contributed by atoms with E-state index < -0.39 is 8.07 Å². The number of aromatic nitrogens is 2. The van der Waals surface area contributed by atoms with E-state index in [1.165, 1.54) is 31.9 Å². The Bertz CT molecular complexity index is 3270. The van der Waals surface area contributed by atoms with Crippen molar-refractivity contribution in [3.8, 4) is 45.0 Å². The highest BCUT2D eigenvalue weighted by Crippen LogP contribution is 2.51. The first kappa shape index (κ1) is 37.6. The number of ether oxygens (including phenoxy) is 1. The molecule has 3 heterocycles. The van der Waals surface area contributed by atoms with Gasteiger partial charge in [-0.3, -0.25) is 4.98 Å². The highest BCUT2D eigenvalue weighted by Gasteiger charge is 2.42. The molecule has 10 aromatic rings. The van der Waals surface area contributed by atoms with E-state index in [1.54, 1.807) is 0 Å². The standard InChI is InChI=1S/C58H44N2OSi/c1-39-18-15-26-44(36-39)62(42-22-9-5-10-23-42,43-24-11-6-12-25-43)45-27-16-21-41(37-45)50-38-53(49-28-17-30-52-57(49)61-54-31-14-13-29-51(54)58(52,2)3)60-56-48(50)33-32-47-46(34-35-59-55(47)56)40-19-7-4-8-20-40/h4-38H,1-3H3. The predicted molar refractivity (Wildman–Crippen MR) is 260 cm³/mol. The molecule has 8 aromatic carbocycles. The fraction of sp³-hybridized carbons (Fsp3) is 0.0690. The average Bonchev–Trinajstić information content (AvgIpc) is 3.32. The molecule has 0 spiro atoms. The van der Waals surface area contributed by atoms with Gasteiger partial charge in [-0.1, -0.05) is 201 Å². The first-order valence-electron chi connectivity index (χ1n) is 21.4. The van der Waals surface area contributed by atoms with Crippen molar-refractivity contribution in [1.82, 2.24) is 9.97 Å². The van der Waals surface area contributed by atoms with E-state index in [-0.39, 0.29) is 5.41 Å². The number of hydrogen-bond acceptors (Lipinski definition) is 3. The van der Waals surface area contributed by atoms with Gasteiger partial charge in [0.2, 0.25) is 0 Å². The second kappa shape index (κ2) is 14.9. The van der Waals surface area contributed by atoms with E-state index >= 15 is 0 Å². The molecule has 0 saturated heterocycles. The van der Waals surface area contributed by atoms with Gasteiger partial charge in [0.05, 0.1) is 16.7 Å². The van der Waals surface area contributed by atoms with E-state index in [0.717, 1.165) is 72.4 Å². The Morgan fingerprint density at radius 2 is 1.03 bits per heavy atom. The first-order valence-corrected chi connectivity index (χ1v) is 23.4. The Morgan fingerprint density at radius 3 is 1.76 bits per heavy atom. The summed E-state index contributed by atoms with van der Waals surface area (Å²) >= 11 is 0. The number of aryl methyl sites for hydroxylation is 1. The molecule has 0 aliphatic carbocycles. The maximum absolute atomic E-state index is 6.89. The third-order valence-corrected chi connectivity index (χ3v) is 17.7. The lowest BCUT2D eigenvalue weighted by Gasteiger charge is -2.35. The summed E-state index contributed by atoms with van der Waals surface area (Å²) in [4.78, 5) is 10.7. The fourth-order valence-corrected chi connectivity index (χ4v) is 14.9. The summed E-state index contributed by atoms with van der Waals surface area (Å²) in [7, 11) is -2.85. The number of rotatable bonds is 7. The molecule has 2 aromatic heterocycles. The van der Waals surface area contributed by atoms with Crippen LogP contribution < -0.4 is 25.5 Å². The van der Waals surface area contributed by atoms with Crippen molar-refractivity contribution in [2.24, 2.45) is 0 Å². The van der Waals surface area contributed by atoms with E-state index in [2.05, 4.69) is 227 Å². The van der Waals surface area contributed by atoms with Gasteiger partial charge in [-0.25, -0.2) is 4.98 Å². The summed E-state index contributed by atoms with van der Waals surface area (Å²) in [5.41, 5.74) is 11.3. The molecule has 1 aliphatic rings. The molecule has 0 atom stereocenters. The van der Waals surface area contributed by atoms with Crippen molar-refractivity contribution in [2.45, 2.75) is 26.2 Å². The van der Waals surface area contributed by atoms with Crippen molar-refractivity contribution in [1.29, 1.82) is 0 Å². The molecule has 0 unspecified atom stereocenters. The molecule has 0 saturated carbocycles. The number of hydrogen-bond donors (Lipinski definition) is 0. The van der Waals surface area contributed by atoms with Gasteiger partial charge in [0.25, 0.3) is 0 Å². The minimum Gasteiger partial charge on any atom is -0.456 e. The summed E-state index contributed by atoms with van der Waals surface area (Å²) in [5, 5.41) is 7.47. The lowest BCUT2D eigenvalue weighted by molar-refractivity contribution is 0.419. The van der Waals surface area contributed by atoms with Gasteiger partial charge in [0, 0.05) is 39.1 Å². The summed E-state index contributed by atoms with van der Waals surface area (Å²) in [5.74, 6) is 1.73. The van der Waals surface area contributed by atoms with E-state index in [1.807, 2.05) is 6.20 Å². The molecule has 0 bridgehead atoms. The molecule has 0 fully saturated rings. The normalized spacial score (nSPS) is 13.0. The number of benzene rings is 8. The molecule has 1 aliphatic heterocycles. The number of para-hydroxylation sites is 2. The molecule has 62 heavy (non-hydrogen) atoms. The summed E-state index contributed by atoms with van der Waals surface area (Å²) in [6, 6.07) is 75.1. The second-order valence-corrected chi connectivity index (χ2v) is 20.8. The van der Waals surface area contributed by atoms with Crippen LogP contribution in [0.1, 0.15) is 30.5 Å². The monoisotopic (exact) mass is 812 g/mol. The number of nitrogens with zero attached hydrogens (tertiary/aromatic N) is 2. The zero-order valence-electron chi connectivity index (χ0n) is 35.0. The Balaban J connectivity index is 1.21. The predicted octanol–water partition coefficient (Wildman–Crippen LogP) is 11.9. The van der Waals surface area contributed by atoms with Gasteiger partial charge < -0.3 is 4.74 Å². The molecule has 296 valence electrons. The third kappa shape index (κ3) is 6.01. The zero-order valence-corrected chi connectivity index (χ0v) is 36.0. The highest BCUT2D eigenvalue weighted by atomic mass is 28.3. The maximum atomic E-state index is 6.89. The summed E-state index contributed by atoms with van der Waals surface area (Å²) in [6.45, 7) is 6.77. The first-order chi connectivity index (χ1) is 30.4. The Kier molecular flexibility index (Phi) is 9.06. The van der Waals surface area contributed by atoms with Crippen LogP contribution in [0.3, 0.4) is 0 Å². The van der Waals surface area contributed by atoms with Crippen LogP contribution in [0.25, 0.3) is 55.3 Å². The van der Waals surface area contributed by atoms with Gasteiger partial charge >= 0.3 is 0 Å². The van der Waals surface area contributed by atoms with Gasteiger partial charge in [-0.2, -0.15) is 0 Å². The minimum atomic E-state index is -2.85. The zero-order chi connectivity index (χ0) is 41.8. The van der Waals surface area contributed by atoms with Crippen molar-refractivity contribution in [3.05, 3.63) is 229 Å². The molecular weight excluding hydrogens is 769 g/mol. The number of pyridine rings is 2. The Morgan fingerprint density at radius 1 is 0.452 bits per heavy atom. The lowest BCUT2D eigenvalue weighted by atomic mass is 9.75. The lowest BCUT2D eigenvalue weighted by Crippen LogP contribution is -2.74. The van der Waals surface area contributed by atoms with E-state index in [0.29, 0.717) is 0 Å². The molecule has 0 radical (unpaired) electrons. The van der Waals surface area contributed by atoms with E-state index in [4.69, 9.17) is 14.7 Å². The quantitative estimate of drug-likeness (QED) is 0.0913. The minimum absolute atomic E-state index is 0.272. The second-order valence-electron chi connectivity index (χ2n) is 17.0. The van der Waals surface area contributed by atoms with Gasteiger partial charge in [-0.15, -0.1) is 0 Å². The fourth-order valence-electron chi connectivity index (χ4n) is 9.99. The van der Waals surface area contributed by atoms with Crippen LogP contribution >= 0.6 is 0 Å². The van der Waals surface area contributed by atoms with Crippen molar-refractivity contribution in [3.63, 3.8) is 0 Å². The average molecular weight is 813 g/mol. The number of fused-ring (bicyclic) bond motifs is 5. The van der Waals surface area contributed by atoms with Crippen LogP contribution in [-0.4, -0.2) is 18.0 Å². The largest absolute Gasteiger partial charge is 0.456 e. The van der Waals surface area contributed by atoms with Crippen LogP contribution in [0, 0.1) is 6.92 Å². The van der Waals surface area contributed by atoms with Gasteiger partial charge in [0.15, 0.2) is 8.07 Å². The third-order valence-electron chi connectivity index (χ3n) is 13.0. The van der Waals surface area contributed by atoms with Gasteiger partial charge in [0.1, 0.15) is 11.5 Å². The molecule has 11 rings (SSSR count). The van der Waals surface area contributed by atoms with Crippen molar-refractivity contribution in [2.75, 3.05) is 0 Å². The molecule has 4 heteroatoms. The summed E-state index contributed by atoms with van der Waals surface area (Å²) in [6.07, 6.45) is 1.92. The summed E-state index contributed by atoms with van der Waals surface area (Å²) < 4.78 is 6.89. The van der Waals surface area contributed by atoms with Crippen LogP contribution in [0.4, 0.5) is 0 Å². The molecule has 3 nitrogen and oxygen atoms in total. The molecule has 0 N–H and O–H groups in total. The van der Waals surface area contributed by atoms with Crippen LogP contribution in [-0.2, 0) is 5.41 Å². The molecule has 0 amide bonds. The highest BCUT2D eigenvalue weighted by molar-refractivity contribution is 7.19. The van der Waals surface area contributed by atoms with Crippen molar-refractivity contribution < 1.29 is 4.74 Å². The Labute approximate surface area is 364 Å².